The number of aryl methyl sites for hydroxylation is 2. The molecule has 0 saturated carbocycles. The summed E-state index contributed by atoms with van der Waals surface area (Å²) in [5.41, 5.74) is 3.37. The standard InChI is InChI=1S/C16H27NO2S/c1-11(2)14(5)20(18,19)10-16(17-6)15-8-12(3)7-13(4)9-15/h7-9,11,14,16-17H,10H2,1-6H3. The second kappa shape index (κ2) is 6.72. The van der Waals surface area contributed by atoms with E-state index in [-0.39, 0.29) is 23.0 Å². The maximum absolute atomic E-state index is 12.4. The van der Waals surface area contributed by atoms with Crippen molar-refractivity contribution in [3.05, 3.63) is 34.9 Å². The van der Waals surface area contributed by atoms with Crippen LogP contribution >= 0.6 is 0 Å². The molecular formula is C16H27NO2S. The van der Waals surface area contributed by atoms with Crippen LogP contribution in [-0.4, -0.2) is 26.5 Å². The Morgan fingerprint density at radius 3 is 1.95 bits per heavy atom. The molecule has 1 rings (SSSR count). The lowest BCUT2D eigenvalue weighted by Gasteiger charge is -2.22. The van der Waals surface area contributed by atoms with Gasteiger partial charge in [-0.05, 0) is 39.3 Å². The highest BCUT2D eigenvalue weighted by molar-refractivity contribution is 7.92. The summed E-state index contributed by atoms with van der Waals surface area (Å²) >= 11 is 0. The van der Waals surface area contributed by atoms with Gasteiger partial charge in [0.2, 0.25) is 0 Å². The van der Waals surface area contributed by atoms with Gasteiger partial charge in [-0.1, -0.05) is 43.2 Å². The summed E-state index contributed by atoms with van der Waals surface area (Å²) in [6, 6.07) is 6.06. The molecule has 114 valence electrons. The van der Waals surface area contributed by atoms with E-state index in [1.54, 1.807) is 6.92 Å². The molecule has 20 heavy (non-hydrogen) atoms. The summed E-state index contributed by atoms with van der Waals surface area (Å²) in [5, 5.41) is 2.83. The third kappa shape index (κ3) is 4.32. The first kappa shape index (κ1) is 17.2. The van der Waals surface area contributed by atoms with Crippen LogP contribution in [0.3, 0.4) is 0 Å². The van der Waals surface area contributed by atoms with E-state index < -0.39 is 9.84 Å². The summed E-state index contributed by atoms with van der Waals surface area (Å²) < 4.78 is 24.9. The van der Waals surface area contributed by atoms with Gasteiger partial charge in [0.15, 0.2) is 9.84 Å². The molecule has 0 aromatic heterocycles. The van der Waals surface area contributed by atoms with Crippen LogP contribution in [0.2, 0.25) is 0 Å². The summed E-state index contributed by atoms with van der Waals surface area (Å²) in [7, 11) is -1.29. The average molecular weight is 297 g/mol. The first-order chi connectivity index (χ1) is 9.17. The van der Waals surface area contributed by atoms with Crippen LogP contribution < -0.4 is 5.32 Å². The van der Waals surface area contributed by atoms with Crippen molar-refractivity contribution < 1.29 is 8.42 Å². The molecule has 0 fully saturated rings. The smallest absolute Gasteiger partial charge is 0.155 e. The molecule has 0 spiro atoms. The zero-order chi connectivity index (χ0) is 15.5. The summed E-state index contributed by atoms with van der Waals surface area (Å²) in [6.45, 7) is 9.78. The molecule has 0 saturated heterocycles. The van der Waals surface area contributed by atoms with Crippen LogP contribution in [0.25, 0.3) is 0 Å². The van der Waals surface area contributed by atoms with E-state index in [9.17, 15) is 8.42 Å². The zero-order valence-corrected chi connectivity index (χ0v) is 14.2. The van der Waals surface area contributed by atoms with E-state index in [1.807, 2.05) is 34.7 Å². The highest BCUT2D eigenvalue weighted by Gasteiger charge is 2.27. The van der Waals surface area contributed by atoms with Gasteiger partial charge in [0.1, 0.15) is 0 Å². The maximum atomic E-state index is 12.4. The quantitative estimate of drug-likeness (QED) is 0.878. The molecule has 4 heteroatoms. The Hall–Kier alpha value is -0.870. The molecule has 1 aromatic carbocycles. The van der Waals surface area contributed by atoms with Gasteiger partial charge in [0.05, 0.1) is 11.0 Å². The van der Waals surface area contributed by atoms with Crippen LogP contribution in [0.4, 0.5) is 0 Å². The Kier molecular flexibility index (Phi) is 5.78. The Bertz CT molecular complexity index is 529. The Balaban J connectivity index is 3.03. The van der Waals surface area contributed by atoms with Crippen LogP contribution in [0.1, 0.15) is 43.5 Å². The molecule has 0 bridgehead atoms. The number of rotatable bonds is 6. The van der Waals surface area contributed by atoms with Crippen LogP contribution in [0.15, 0.2) is 18.2 Å². The monoisotopic (exact) mass is 297 g/mol. The third-order valence-corrected chi connectivity index (χ3v) is 6.37. The number of benzene rings is 1. The second-order valence-electron chi connectivity index (χ2n) is 6.04. The average Bonchev–Trinajstić information content (AvgIpc) is 2.33. The fraction of sp³-hybridized carbons (Fsp3) is 0.625. The molecule has 0 aliphatic carbocycles. The van der Waals surface area contributed by atoms with Gasteiger partial charge in [-0.2, -0.15) is 0 Å². The predicted octanol–water partition coefficient (Wildman–Crippen LogP) is 3.02. The van der Waals surface area contributed by atoms with E-state index in [0.717, 1.165) is 16.7 Å². The van der Waals surface area contributed by atoms with Crippen LogP contribution in [0.5, 0.6) is 0 Å². The summed E-state index contributed by atoms with van der Waals surface area (Å²) in [5.74, 6) is 0.280. The topological polar surface area (TPSA) is 46.2 Å². The van der Waals surface area contributed by atoms with Gasteiger partial charge in [-0.3, -0.25) is 0 Å². The van der Waals surface area contributed by atoms with E-state index >= 15 is 0 Å². The third-order valence-electron chi connectivity index (χ3n) is 3.90. The Labute approximate surface area is 123 Å². The van der Waals surface area contributed by atoms with Crippen molar-refractivity contribution in [3.63, 3.8) is 0 Å². The van der Waals surface area contributed by atoms with Gasteiger partial charge in [-0.15, -0.1) is 0 Å². The Morgan fingerprint density at radius 2 is 1.55 bits per heavy atom. The van der Waals surface area contributed by atoms with Crippen molar-refractivity contribution in [3.8, 4) is 0 Å². The highest BCUT2D eigenvalue weighted by Crippen LogP contribution is 2.22. The lowest BCUT2D eigenvalue weighted by molar-refractivity contribution is 0.532. The largest absolute Gasteiger partial charge is 0.312 e. The van der Waals surface area contributed by atoms with Crippen molar-refractivity contribution in [2.75, 3.05) is 12.8 Å². The first-order valence-electron chi connectivity index (χ1n) is 7.14. The second-order valence-corrected chi connectivity index (χ2v) is 8.44. The van der Waals surface area contributed by atoms with Crippen molar-refractivity contribution in [1.82, 2.24) is 5.32 Å². The van der Waals surface area contributed by atoms with Crippen molar-refractivity contribution in [2.24, 2.45) is 5.92 Å². The first-order valence-corrected chi connectivity index (χ1v) is 8.86. The molecular weight excluding hydrogens is 270 g/mol. The summed E-state index contributed by atoms with van der Waals surface area (Å²) in [4.78, 5) is 0. The molecule has 3 nitrogen and oxygen atoms in total. The molecule has 1 aromatic rings. The van der Waals surface area contributed by atoms with Crippen molar-refractivity contribution >= 4 is 9.84 Å². The van der Waals surface area contributed by atoms with Gasteiger partial charge in [0.25, 0.3) is 0 Å². The molecule has 2 atom stereocenters. The summed E-state index contributed by atoms with van der Waals surface area (Å²) in [6.07, 6.45) is 0. The van der Waals surface area contributed by atoms with Crippen LogP contribution in [0, 0.1) is 19.8 Å². The van der Waals surface area contributed by atoms with Gasteiger partial charge in [-0.25, -0.2) is 8.42 Å². The lowest BCUT2D eigenvalue weighted by atomic mass is 10.0. The van der Waals surface area contributed by atoms with Crippen molar-refractivity contribution in [1.29, 1.82) is 0 Å². The maximum Gasteiger partial charge on any atom is 0.155 e. The number of hydrogen-bond acceptors (Lipinski definition) is 3. The number of hydrogen-bond donors (Lipinski definition) is 1. The van der Waals surface area contributed by atoms with E-state index in [2.05, 4.69) is 23.5 Å². The molecule has 0 amide bonds. The fourth-order valence-corrected chi connectivity index (χ4v) is 4.31. The minimum absolute atomic E-state index is 0.136. The van der Waals surface area contributed by atoms with Gasteiger partial charge < -0.3 is 5.32 Å². The molecule has 0 radical (unpaired) electrons. The molecule has 0 aliphatic heterocycles. The predicted molar refractivity (Wildman–Crippen MR) is 85.8 cm³/mol. The van der Waals surface area contributed by atoms with E-state index in [0.29, 0.717) is 0 Å². The molecule has 2 unspecified atom stereocenters. The zero-order valence-electron chi connectivity index (χ0n) is 13.4. The van der Waals surface area contributed by atoms with Gasteiger partial charge in [0, 0.05) is 6.04 Å². The van der Waals surface area contributed by atoms with E-state index in [1.165, 1.54) is 0 Å². The minimum atomic E-state index is -3.11. The number of nitrogens with one attached hydrogen (secondary N) is 1. The molecule has 0 aliphatic rings. The fourth-order valence-electron chi connectivity index (χ4n) is 2.36. The van der Waals surface area contributed by atoms with E-state index in [4.69, 9.17) is 0 Å². The Morgan fingerprint density at radius 1 is 1.05 bits per heavy atom. The molecule has 0 heterocycles. The molecule has 1 N–H and O–H groups in total. The normalized spacial score (nSPS) is 15.3. The lowest BCUT2D eigenvalue weighted by Crippen LogP contribution is -2.32. The SMILES string of the molecule is CNC(CS(=O)(=O)C(C)C(C)C)c1cc(C)cc(C)c1. The van der Waals surface area contributed by atoms with Crippen molar-refractivity contribution in [2.45, 2.75) is 45.9 Å². The highest BCUT2D eigenvalue weighted by atomic mass is 32.2. The van der Waals surface area contributed by atoms with Crippen LogP contribution in [-0.2, 0) is 9.84 Å². The number of sulfone groups is 1. The van der Waals surface area contributed by atoms with Gasteiger partial charge >= 0.3 is 0 Å². The minimum Gasteiger partial charge on any atom is -0.312 e.